The number of nitrogens with two attached hydrogens (primary N) is 1. The topological polar surface area (TPSA) is 38.0 Å². The van der Waals surface area contributed by atoms with Gasteiger partial charge in [-0.15, -0.1) is 0 Å². The number of nitrogen functional groups attached to an aromatic ring is 1. The molecule has 3 N–H and O–H groups in total. The van der Waals surface area contributed by atoms with Gasteiger partial charge in [0.25, 0.3) is 0 Å². The Morgan fingerprint density at radius 1 is 0.593 bits per heavy atom. The fraction of sp³-hybridized carbons (Fsp3) is 0.0400. The number of hydrogen-bond acceptors (Lipinski definition) is 2. The molecule has 4 aromatic carbocycles. The van der Waals surface area contributed by atoms with E-state index < -0.39 is 5.54 Å². The third kappa shape index (κ3) is 2.34. The molecule has 1 aliphatic rings. The molecule has 27 heavy (non-hydrogen) atoms. The Kier molecular flexibility index (Phi) is 3.51. The summed E-state index contributed by atoms with van der Waals surface area (Å²) < 4.78 is 0. The smallest absolute Gasteiger partial charge is 0.115 e. The molecule has 0 aromatic heterocycles. The fourth-order valence-corrected chi connectivity index (χ4v) is 4.24. The van der Waals surface area contributed by atoms with E-state index in [2.05, 4.69) is 96.3 Å². The minimum atomic E-state index is -0.482. The van der Waals surface area contributed by atoms with Gasteiger partial charge in [-0.3, -0.25) is 0 Å². The first-order valence-corrected chi connectivity index (χ1v) is 9.18. The second kappa shape index (κ2) is 6.03. The molecule has 1 atom stereocenters. The van der Waals surface area contributed by atoms with Gasteiger partial charge in [0.15, 0.2) is 0 Å². The quantitative estimate of drug-likeness (QED) is 0.469. The molecular formula is C25H20N2. The van der Waals surface area contributed by atoms with Gasteiger partial charge in [0.05, 0.1) is 0 Å². The van der Waals surface area contributed by atoms with Gasteiger partial charge in [-0.1, -0.05) is 78.9 Å². The first-order valence-electron chi connectivity index (χ1n) is 9.18. The van der Waals surface area contributed by atoms with E-state index in [0.29, 0.717) is 0 Å². The minimum Gasteiger partial charge on any atom is -0.399 e. The molecule has 0 fully saturated rings. The zero-order valence-corrected chi connectivity index (χ0v) is 14.9. The highest BCUT2D eigenvalue weighted by Gasteiger charge is 2.44. The van der Waals surface area contributed by atoms with E-state index in [1.165, 1.54) is 27.8 Å². The minimum absolute atomic E-state index is 0.482. The summed E-state index contributed by atoms with van der Waals surface area (Å²) in [5.41, 5.74) is 13.7. The molecule has 4 aromatic rings. The Morgan fingerprint density at radius 2 is 1.22 bits per heavy atom. The fourth-order valence-electron chi connectivity index (χ4n) is 4.24. The molecule has 0 spiro atoms. The largest absolute Gasteiger partial charge is 0.399 e. The molecule has 0 aliphatic heterocycles. The second-order valence-corrected chi connectivity index (χ2v) is 6.96. The van der Waals surface area contributed by atoms with Crippen LogP contribution in [0.4, 0.5) is 11.4 Å². The lowest BCUT2D eigenvalue weighted by atomic mass is 9.80. The van der Waals surface area contributed by atoms with Crippen molar-refractivity contribution in [3.63, 3.8) is 0 Å². The van der Waals surface area contributed by atoms with Gasteiger partial charge in [-0.2, -0.15) is 0 Å². The average Bonchev–Trinajstić information content (AvgIpc) is 3.00. The molecule has 130 valence electrons. The maximum Gasteiger partial charge on any atom is 0.115 e. The Balaban J connectivity index is 1.87. The predicted octanol–water partition coefficient (Wildman–Crippen LogP) is 5.65. The van der Waals surface area contributed by atoms with Crippen molar-refractivity contribution in [2.75, 3.05) is 11.1 Å². The standard InChI is InChI=1S/C25H20N2/c26-19-15-16-22-21-13-7-8-14-23(21)25(24(22)17-19,18-9-3-1-4-10-18)27-20-11-5-2-6-12-20/h1-17,27H,26H2. The zero-order chi connectivity index (χ0) is 18.3. The summed E-state index contributed by atoms with van der Waals surface area (Å²) in [6.45, 7) is 0. The molecule has 0 saturated heterocycles. The lowest BCUT2D eigenvalue weighted by Gasteiger charge is -2.35. The Hall–Kier alpha value is -3.52. The van der Waals surface area contributed by atoms with Crippen LogP contribution in [0.15, 0.2) is 103 Å². The third-order valence-electron chi connectivity index (χ3n) is 5.38. The normalized spacial score (nSPS) is 17.2. The first-order chi connectivity index (χ1) is 13.3. The van der Waals surface area contributed by atoms with Crippen LogP contribution in [0.25, 0.3) is 11.1 Å². The van der Waals surface area contributed by atoms with E-state index >= 15 is 0 Å². The zero-order valence-electron chi connectivity index (χ0n) is 14.9. The van der Waals surface area contributed by atoms with Crippen LogP contribution >= 0.6 is 0 Å². The Bertz CT molecular complexity index is 1100. The van der Waals surface area contributed by atoms with Crippen LogP contribution in [0.1, 0.15) is 16.7 Å². The average molecular weight is 348 g/mol. The van der Waals surface area contributed by atoms with Crippen LogP contribution in [-0.4, -0.2) is 0 Å². The van der Waals surface area contributed by atoms with E-state index in [4.69, 9.17) is 5.73 Å². The second-order valence-electron chi connectivity index (χ2n) is 6.96. The van der Waals surface area contributed by atoms with E-state index in [-0.39, 0.29) is 0 Å². The van der Waals surface area contributed by atoms with E-state index in [1.807, 2.05) is 12.1 Å². The van der Waals surface area contributed by atoms with Gasteiger partial charge in [-0.05, 0) is 52.1 Å². The summed E-state index contributed by atoms with van der Waals surface area (Å²) in [4.78, 5) is 0. The molecular weight excluding hydrogens is 328 g/mol. The number of rotatable bonds is 3. The van der Waals surface area contributed by atoms with Crippen molar-refractivity contribution in [1.82, 2.24) is 0 Å². The highest BCUT2D eigenvalue weighted by atomic mass is 15.0. The molecule has 2 nitrogen and oxygen atoms in total. The predicted molar refractivity (Wildman–Crippen MR) is 113 cm³/mol. The molecule has 5 rings (SSSR count). The molecule has 2 heteroatoms. The maximum atomic E-state index is 6.23. The van der Waals surface area contributed by atoms with E-state index in [0.717, 1.165) is 11.4 Å². The van der Waals surface area contributed by atoms with E-state index in [1.54, 1.807) is 0 Å². The van der Waals surface area contributed by atoms with Crippen molar-refractivity contribution in [3.05, 3.63) is 120 Å². The number of anilines is 2. The van der Waals surface area contributed by atoms with Crippen molar-refractivity contribution in [2.45, 2.75) is 5.54 Å². The summed E-state index contributed by atoms with van der Waals surface area (Å²) in [6, 6.07) is 35.8. The van der Waals surface area contributed by atoms with Crippen molar-refractivity contribution in [3.8, 4) is 11.1 Å². The third-order valence-corrected chi connectivity index (χ3v) is 5.38. The number of hydrogen-bond donors (Lipinski definition) is 2. The number of benzene rings is 4. The summed E-state index contributed by atoms with van der Waals surface area (Å²) >= 11 is 0. The molecule has 1 aliphatic carbocycles. The Morgan fingerprint density at radius 3 is 2.00 bits per heavy atom. The van der Waals surface area contributed by atoms with Gasteiger partial charge in [0.2, 0.25) is 0 Å². The summed E-state index contributed by atoms with van der Waals surface area (Å²) in [7, 11) is 0. The number of para-hydroxylation sites is 1. The highest BCUT2D eigenvalue weighted by Crippen LogP contribution is 2.52. The number of nitrogens with one attached hydrogen (secondary N) is 1. The molecule has 0 radical (unpaired) electrons. The van der Waals surface area contributed by atoms with Gasteiger partial charge < -0.3 is 11.1 Å². The van der Waals surface area contributed by atoms with Gasteiger partial charge in [-0.25, -0.2) is 0 Å². The lowest BCUT2D eigenvalue weighted by Crippen LogP contribution is -2.36. The van der Waals surface area contributed by atoms with Crippen LogP contribution in [0.2, 0.25) is 0 Å². The van der Waals surface area contributed by atoms with Crippen molar-refractivity contribution < 1.29 is 0 Å². The Labute approximate surface area is 159 Å². The van der Waals surface area contributed by atoms with Crippen LogP contribution in [-0.2, 0) is 5.54 Å². The van der Waals surface area contributed by atoms with Crippen molar-refractivity contribution in [1.29, 1.82) is 0 Å². The SMILES string of the molecule is Nc1ccc2c(c1)C(Nc1ccccc1)(c1ccccc1)c1ccccc1-2. The molecule has 1 unspecified atom stereocenters. The summed E-state index contributed by atoms with van der Waals surface area (Å²) in [6.07, 6.45) is 0. The summed E-state index contributed by atoms with van der Waals surface area (Å²) in [5, 5.41) is 3.85. The molecule has 0 amide bonds. The molecule has 0 heterocycles. The van der Waals surface area contributed by atoms with Crippen LogP contribution in [0.3, 0.4) is 0 Å². The van der Waals surface area contributed by atoms with Crippen LogP contribution in [0.5, 0.6) is 0 Å². The molecule has 0 bridgehead atoms. The van der Waals surface area contributed by atoms with Crippen molar-refractivity contribution in [2.24, 2.45) is 0 Å². The highest BCUT2D eigenvalue weighted by molar-refractivity contribution is 5.86. The van der Waals surface area contributed by atoms with Gasteiger partial charge in [0, 0.05) is 11.4 Å². The molecule has 0 saturated carbocycles. The first kappa shape index (κ1) is 15.7. The van der Waals surface area contributed by atoms with E-state index in [9.17, 15) is 0 Å². The van der Waals surface area contributed by atoms with Crippen LogP contribution in [0, 0.1) is 0 Å². The summed E-state index contributed by atoms with van der Waals surface area (Å²) in [5.74, 6) is 0. The maximum absolute atomic E-state index is 6.23. The van der Waals surface area contributed by atoms with Crippen LogP contribution < -0.4 is 11.1 Å². The van der Waals surface area contributed by atoms with Crippen molar-refractivity contribution >= 4 is 11.4 Å². The van der Waals surface area contributed by atoms with Gasteiger partial charge in [0.1, 0.15) is 5.54 Å². The monoisotopic (exact) mass is 348 g/mol. The lowest BCUT2D eigenvalue weighted by molar-refractivity contribution is 0.734. The number of fused-ring (bicyclic) bond motifs is 3. The van der Waals surface area contributed by atoms with Gasteiger partial charge >= 0.3 is 0 Å².